The largest absolute Gasteiger partial charge is 0.244 e. The van der Waals surface area contributed by atoms with Crippen molar-refractivity contribution in [1.29, 1.82) is 0 Å². The smallest absolute Gasteiger partial charge is 0.214 e. The molecule has 1 rings (SSSR count). The number of thioether (sulfide) groups is 1. The van der Waals surface area contributed by atoms with E-state index < -0.39 is 9.84 Å². The summed E-state index contributed by atoms with van der Waals surface area (Å²) in [5.41, 5.74) is 0.666. The van der Waals surface area contributed by atoms with E-state index in [1.807, 2.05) is 6.92 Å². The summed E-state index contributed by atoms with van der Waals surface area (Å²) in [6.07, 6.45) is 0. The maximum Gasteiger partial charge on any atom is 0.214 e. The van der Waals surface area contributed by atoms with E-state index in [0.717, 1.165) is 5.75 Å². The Hall–Kier alpha value is -0.290. The maximum absolute atomic E-state index is 11.1. The van der Waals surface area contributed by atoms with Crippen LogP contribution in [-0.4, -0.2) is 25.0 Å². The van der Waals surface area contributed by atoms with E-state index in [1.165, 1.54) is 12.3 Å². The van der Waals surface area contributed by atoms with E-state index in [9.17, 15) is 8.42 Å². The summed E-state index contributed by atoms with van der Waals surface area (Å²) in [7, 11) is -3.13. The molecule has 0 bridgehead atoms. The predicted octanol–water partition coefficient (Wildman–Crippen LogP) is 1.43. The highest BCUT2D eigenvalue weighted by molar-refractivity contribution is 8.09. The van der Waals surface area contributed by atoms with Gasteiger partial charge >= 0.3 is 0 Å². The van der Waals surface area contributed by atoms with Crippen molar-refractivity contribution in [3.8, 4) is 0 Å². The molecule has 1 aliphatic rings. The lowest BCUT2D eigenvalue weighted by Gasteiger charge is -1.92. The Morgan fingerprint density at radius 2 is 2.25 bits per heavy atom. The van der Waals surface area contributed by atoms with Gasteiger partial charge in [0.05, 0.1) is 11.1 Å². The minimum absolute atomic E-state index is 0.217. The first-order valence-electron chi connectivity index (χ1n) is 3.65. The molecule has 0 aliphatic carbocycles. The Bertz CT molecular complexity index is 327. The number of nitrogens with zero attached hydrogens (tertiary/aromatic N) is 1. The Labute approximate surface area is 76.9 Å². The topological polar surface area (TPSA) is 46.5 Å². The van der Waals surface area contributed by atoms with Gasteiger partial charge in [0.2, 0.25) is 9.84 Å². The summed E-state index contributed by atoms with van der Waals surface area (Å²) in [6.45, 7) is 3.56. The Morgan fingerprint density at radius 1 is 1.58 bits per heavy atom. The third-order valence-corrected chi connectivity index (χ3v) is 3.86. The molecule has 0 aromatic heterocycles. The lowest BCUT2D eigenvalue weighted by atomic mass is 10.6. The molecule has 68 valence electrons. The third-order valence-electron chi connectivity index (χ3n) is 1.46. The summed E-state index contributed by atoms with van der Waals surface area (Å²) in [4.78, 5) is 3.95. The molecule has 0 saturated heterocycles. The molecule has 1 heterocycles. The van der Waals surface area contributed by atoms with Gasteiger partial charge in [0, 0.05) is 5.75 Å². The van der Waals surface area contributed by atoms with Crippen molar-refractivity contribution >= 4 is 26.6 Å². The van der Waals surface area contributed by atoms with Crippen LogP contribution in [0.2, 0.25) is 0 Å². The molecular formula is C7H11NO2S2. The fraction of sp³-hybridized carbons (Fsp3) is 0.571. The van der Waals surface area contributed by atoms with Crippen molar-refractivity contribution in [2.75, 3.05) is 11.5 Å². The normalized spacial score (nSPS) is 20.5. The fourth-order valence-electron chi connectivity index (χ4n) is 0.830. The molecule has 0 aromatic carbocycles. The second kappa shape index (κ2) is 3.62. The molecule has 0 amide bonds. The highest BCUT2D eigenvalue weighted by atomic mass is 32.2. The Morgan fingerprint density at radius 3 is 2.67 bits per heavy atom. The number of rotatable bonds is 3. The molecule has 0 saturated carbocycles. The van der Waals surface area contributed by atoms with Crippen molar-refractivity contribution in [3.05, 3.63) is 11.1 Å². The molecule has 1 aliphatic heterocycles. The second-order valence-corrected chi connectivity index (χ2v) is 5.61. The lowest BCUT2D eigenvalue weighted by molar-refractivity contribution is 0.615. The van der Waals surface area contributed by atoms with Gasteiger partial charge in [-0.15, -0.1) is 0 Å². The summed E-state index contributed by atoms with van der Waals surface area (Å²) in [5, 5.41) is 1.47. The molecule has 0 fully saturated rings. The van der Waals surface area contributed by atoms with Gasteiger partial charge in [-0.2, -0.15) is 11.8 Å². The molecule has 12 heavy (non-hydrogen) atoms. The summed E-state index contributed by atoms with van der Waals surface area (Å²) >= 11 is 1.67. The SMILES string of the molecule is CCSCC1=CS(=O)(=O)C(C)=N1. The zero-order valence-electron chi connectivity index (χ0n) is 7.07. The van der Waals surface area contributed by atoms with E-state index >= 15 is 0 Å². The Kier molecular flexibility index (Phi) is 2.95. The lowest BCUT2D eigenvalue weighted by Crippen LogP contribution is -2.01. The maximum atomic E-state index is 11.1. The molecule has 0 atom stereocenters. The van der Waals surface area contributed by atoms with Gasteiger partial charge < -0.3 is 0 Å². The minimum Gasteiger partial charge on any atom is -0.244 e. The van der Waals surface area contributed by atoms with E-state index in [2.05, 4.69) is 4.99 Å². The van der Waals surface area contributed by atoms with Gasteiger partial charge in [-0.05, 0) is 12.7 Å². The third kappa shape index (κ3) is 2.10. The number of hydrogen-bond donors (Lipinski definition) is 0. The summed E-state index contributed by atoms with van der Waals surface area (Å²) in [5.74, 6) is 1.67. The van der Waals surface area contributed by atoms with Crippen LogP contribution in [0, 0.1) is 0 Å². The van der Waals surface area contributed by atoms with E-state index in [-0.39, 0.29) is 5.04 Å². The first kappa shape index (κ1) is 9.80. The first-order chi connectivity index (χ1) is 5.56. The molecule has 0 unspecified atom stereocenters. The average Bonchev–Trinajstić information content (AvgIpc) is 2.22. The number of sulfone groups is 1. The van der Waals surface area contributed by atoms with Gasteiger partial charge in [0.15, 0.2) is 0 Å². The van der Waals surface area contributed by atoms with Crippen molar-refractivity contribution in [3.63, 3.8) is 0 Å². The quantitative estimate of drug-likeness (QED) is 0.700. The van der Waals surface area contributed by atoms with Crippen LogP contribution in [0.1, 0.15) is 13.8 Å². The van der Waals surface area contributed by atoms with E-state index in [1.54, 1.807) is 11.8 Å². The zero-order chi connectivity index (χ0) is 9.19. The van der Waals surface area contributed by atoms with Crippen LogP contribution in [0.15, 0.2) is 16.1 Å². The van der Waals surface area contributed by atoms with Crippen LogP contribution < -0.4 is 0 Å². The van der Waals surface area contributed by atoms with Gasteiger partial charge in [0.25, 0.3) is 0 Å². The minimum atomic E-state index is -3.13. The average molecular weight is 205 g/mol. The zero-order valence-corrected chi connectivity index (χ0v) is 8.70. The number of hydrogen-bond acceptors (Lipinski definition) is 4. The van der Waals surface area contributed by atoms with Crippen LogP contribution in [0.25, 0.3) is 0 Å². The van der Waals surface area contributed by atoms with Crippen LogP contribution in [-0.2, 0) is 9.84 Å². The second-order valence-electron chi connectivity index (χ2n) is 2.42. The molecule has 5 heteroatoms. The predicted molar refractivity (Wildman–Crippen MR) is 53.1 cm³/mol. The van der Waals surface area contributed by atoms with Crippen molar-refractivity contribution in [2.24, 2.45) is 4.99 Å². The van der Waals surface area contributed by atoms with Gasteiger partial charge in [-0.1, -0.05) is 6.92 Å². The summed E-state index contributed by atoms with van der Waals surface area (Å²) in [6, 6.07) is 0. The van der Waals surface area contributed by atoms with Crippen molar-refractivity contribution in [2.45, 2.75) is 13.8 Å². The van der Waals surface area contributed by atoms with E-state index in [4.69, 9.17) is 0 Å². The summed E-state index contributed by atoms with van der Waals surface area (Å²) < 4.78 is 22.2. The van der Waals surface area contributed by atoms with Gasteiger partial charge in [-0.3, -0.25) is 0 Å². The molecule has 0 N–H and O–H groups in total. The standard InChI is InChI=1S/C7H11NO2S2/c1-3-11-4-7-5-12(9,10)6(2)8-7/h5H,3-4H2,1-2H3. The molecule has 3 nitrogen and oxygen atoms in total. The first-order valence-corrected chi connectivity index (χ1v) is 6.35. The van der Waals surface area contributed by atoms with Crippen LogP contribution in [0.5, 0.6) is 0 Å². The fourth-order valence-corrected chi connectivity index (χ4v) is 2.41. The highest BCUT2D eigenvalue weighted by Gasteiger charge is 2.19. The van der Waals surface area contributed by atoms with Crippen LogP contribution in [0.4, 0.5) is 0 Å². The molecule has 0 aromatic rings. The van der Waals surface area contributed by atoms with Crippen molar-refractivity contribution < 1.29 is 8.42 Å². The highest BCUT2D eigenvalue weighted by Crippen LogP contribution is 2.18. The molecular weight excluding hydrogens is 194 g/mol. The molecule has 0 spiro atoms. The number of aliphatic imine (C=N–C) groups is 1. The van der Waals surface area contributed by atoms with Crippen LogP contribution >= 0.6 is 11.8 Å². The van der Waals surface area contributed by atoms with Crippen molar-refractivity contribution in [1.82, 2.24) is 0 Å². The van der Waals surface area contributed by atoms with Crippen LogP contribution in [0.3, 0.4) is 0 Å². The monoisotopic (exact) mass is 205 g/mol. The Balaban J connectivity index is 2.73. The molecule has 0 radical (unpaired) electrons. The van der Waals surface area contributed by atoms with Gasteiger partial charge in [0.1, 0.15) is 5.04 Å². The van der Waals surface area contributed by atoms with Gasteiger partial charge in [-0.25, -0.2) is 13.4 Å². The van der Waals surface area contributed by atoms with E-state index in [0.29, 0.717) is 11.4 Å².